The second-order valence-electron chi connectivity index (χ2n) is 2.02. The summed E-state index contributed by atoms with van der Waals surface area (Å²) < 4.78 is 0. The molecule has 0 unspecified atom stereocenters. The van der Waals surface area contributed by atoms with E-state index in [2.05, 4.69) is 18.6 Å². The van der Waals surface area contributed by atoms with E-state index in [1.54, 1.807) is 0 Å². The van der Waals surface area contributed by atoms with Crippen LogP contribution in [0.4, 0.5) is 0 Å². The molecule has 0 aromatic heterocycles. The second kappa shape index (κ2) is 3.29. The Morgan fingerprint density at radius 2 is 1.89 bits per heavy atom. The molecule has 0 saturated heterocycles. The SMILES string of the molecule is C[C]Cc1ccccc1. The fourth-order valence-electron chi connectivity index (χ4n) is 0.800. The molecule has 0 aliphatic rings. The monoisotopic (exact) mass is 118 g/mol. The van der Waals surface area contributed by atoms with Gasteiger partial charge < -0.3 is 0 Å². The second-order valence-corrected chi connectivity index (χ2v) is 2.02. The van der Waals surface area contributed by atoms with E-state index in [0.29, 0.717) is 0 Å². The predicted octanol–water partition coefficient (Wildman–Crippen LogP) is 2.33. The van der Waals surface area contributed by atoms with E-state index in [9.17, 15) is 0 Å². The van der Waals surface area contributed by atoms with E-state index in [4.69, 9.17) is 0 Å². The quantitative estimate of drug-likeness (QED) is 0.559. The zero-order chi connectivity index (χ0) is 6.53. The molecule has 0 amide bonds. The van der Waals surface area contributed by atoms with Crippen molar-refractivity contribution in [2.24, 2.45) is 0 Å². The van der Waals surface area contributed by atoms with Crippen LogP contribution in [0.3, 0.4) is 0 Å². The number of rotatable bonds is 2. The lowest BCUT2D eigenvalue weighted by Gasteiger charge is -1.93. The summed E-state index contributed by atoms with van der Waals surface area (Å²) in [4.78, 5) is 0. The first-order valence-corrected chi connectivity index (χ1v) is 3.12. The van der Waals surface area contributed by atoms with Crippen LogP contribution in [0.25, 0.3) is 0 Å². The Labute approximate surface area is 56.5 Å². The van der Waals surface area contributed by atoms with E-state index in [1.807, 2.05) is 25.1 Å². The fraction of sp³-hybridized carbons (Fsp3) is 0.222. The van der Waals surface area contributed by atoms with Crippen molar-refractivity contribution in [3.05, 3.63) is 42.3 Å². The van der Waals surface area contributed by atoms with Crippen molar-refractivity contribution in [1.29, 1.82) is 0 Å². The topological polar surface area (TPSA) is 0 Å². The highest BCUT2D eigenvalue weighted by atomic mass is 13.9. The van der Waals surface area contributed by atoms with E-state index >= 15 is 0 Å². The third kappa shape index (κ3) is 1.88. The Hall–Kier alpha value is -0.780. The van der Waals surface area contributed by atoms with Crippen molar-refractivity contribution >= 4 is 0 Å². The Balaban J connectivity index is 2.61. The average molecular weight is 118 g/mol. The molecule has 0 bridgehead atoms. The van der Waals surface area contributed by atoms with Crippen LogP contribution < -0.4 is 0 Å². The van der Waals surface area contributed by atoms with Crippen LogP contribution in [-0.4, -0.2) is 0 Å². The minimum absolute atomic E-state index is 0.959. The van der Waals surface area contributed by atoms with E-state index < -0.39 is 0 Å². The van der Waals surface area contributed by atoms with Gasteiger partial charge >= 0.3 is 0 Å². The van der Waals surface area contributed by atoms with Gasteiger partial charge in [0.05, 0.1) is 0 Å². The van der Waals surface area contributed by atoms with Gasteiger partial charge in [-0.2, -0.15) is 0 Å². The smallest absolute Gasteiger partial charge is 0.0160 e. The summed E-state index contributed by atoms with van der Waals surface area (Å²) in [7, 11) is 0. The molecule has 0 heteroatoms. The lowest BCUT2D eigenvalue weighted by molar-refractivity contribution is 1.14. The van der Waals surface area contributed by atoms with Crippen molar-refractivity contribution < 1.29 is 0 Å². The summed E-state index contributed by atoms with van der Waals surface area (Å²) in [5.74, 6) is 0. The third-order valence-electron chi connectivity index (χ3n) is 1.22. The normalized spacial score (nSPS) is 9.44. The van der Waals surface area contributed by atoms with Crippen LogP contribution in [0.5, 0.6) is 0 Å². The van der Waals surface area contributed by atoms with Gasteiger partial charge in [-0.05, 0) is 18.4 Å². The van der Waals surface area contributed by atoms with Gasteiger partial charge in [-0.25, -0.2) is 0 Å². The number of hydrogen-bond donors (Lipinski definition) is 0. The van der Waals surface area contributed by atoms with Crippen LogP contribution in [0, 0.1) is 6.42 Å². The van der Waals surface area contributed by atoms with E-state index in [0.717, 1.165) is 6.42 Å². The lowest BCUT2D eigenvalue weighted by atomic mass is 10.1. The fourth-order valence-corrected chi connectivity index (χ4v) is 0.800. The molecule has 0 aliphatic carbocycles. The van der Waals surface area contributed by atoms with Gasteiger partial charge in [-0.1, -0.05) is 37.3 Å². The van der Waals surface area contributed by atoms with Gasteiger partial charge in [-0.3, -0.25) is 0 Å². The summed E-state index contributed by atoms with van der Waals surface area (Å²) in [5.41, 5.74) is 1.33. The first-order valence-electron chi connectivity index (χ1n) is 3.12. The molecule has 0 aliphatic heterocycles. The van der Waals surface area contributed by atoms with Gasteiger partial charge in [-0.15, -0.1) is 0 Å². The highest BCUT2D eigenvalue weighted by Crippen LogP contribution is 1.99. The summed E-state index contributed by atoms with van der Waals surface area (Å²) in [6.45, 7) is 1.95. The molecule has 0 nitrogen and oxygen atoms in total. The van der Waals surface area contributed by atoms with Crippen molar-refractivity contribution in [1.82, 2.24) is 0 Å². The average Bonchev–Trinajstić information content (AvgIpc) is 1.91. The van der Waals surface area contributed by atoms with E-state index in [-0.39, 0.29) is 0 Å². The first-order chi connectivity index (χ1) is 4.43. The zero-order valence-electron chi connectivity index (χ0n) is 5.59. The van der Waals surface area contributed by atoms with Gasteiger partial charge in [0.25, 0.3) is 0 Å². The van der Waals surface area contributed by atoms with Gasteiger partial charge in [0, 0.05) is 0 Å². The Morgan fingerprint density at radius 3 is 2.44 bits per heavy atom. The summed E-state index contributed by atoms with van der Waals surface area (Å²) in [5, 5.41) is 0. The largest absolute Gasteiger partial charge is 0.0622 e. The molecular formula is C9H10. The molecular weight excluding hydrogens is 108 g/mol. The van der Waals surface area contributed by atoms with Crippen molar-refractivity contribution in [3.8, 4) is 0 Å². The van der Waals surface area contributed by atoms with Crippen LogP contribution in [0.15, 0.2) is 30.3 Å². The summed E-state index contributed by atoms with van der Waals surface area (Å²) in [6, 6.07) is 10.3. The molecule has 46 valence electrons. The van der Waals surface area contributed by atoms with Gasteiger partial charge in [0.15, 0.2) is 0 Å². The molecule has 1 aromatic carbocycles. The van der Waals surface area contributed by atoms with E-state index in [1.165, 1.54) is 5.56 Å². The molecule has 0 N–H and O–H groups in total. The lowest BCUT2D eigenvalue weighted by Crippen LogP contribution is -1.79. The molecule has 9 heavy (non-hydrogen) atoms. The first kappa shape index (κ1) is 6.34. The zero-order valence-corrected chi connectivity index (χ0v) is 5.59. The maximum absolute atomic E-state index is 3.08. The van der Waals surface area contributed by atoms with Gasteiger partial charge in [0.1, 0.15) is 0 Å². The summed E-state index contributed by atoms with van der Waals surface area (Å²) in [6.07, 6.45) is 4.04. The Bertz CT molecular complexity index is 153. The maximum Gasteiger partial charge on any atom is -0.0160 e. The van der Waals surface area contributed by atoms with Crippen molar-refractivity contribution in [2.45, 2.75) is 13.3 Å². The molecule has 1 aromatic rings. The molecule has 1 rings (SSSR count). The van der Waals surface area contributed by atoms with Gasteiger partial charge in [0.2, 0.25) is 0 Å². The minimum atomic E-state index is 0.959. The molecule has 0 fully saturated rings. The maximum atomic E-state index is 3.08. The molecule has 0 atom stereocenters. The highest BCUT2D eigenvalue weighted by Gasteiger charge is 1.85. The Kier molecular flexibility index (Phi) is 2.32. The molecule has 0 spiro atoms. The third-order valence-corrected chi connectivity index (χ3v) is 1.22. The van der Waals surface area contributed by atoms with Crippen LogP contribution in [0.1, 0.15) is 12.5 Å². The van der Waals surface area contributed by atoms with Crippen LogP contribution in [0.2, 0.25) is 0 Å². The molecule has 0 saturated carbocycles. The van der Waals surface area contributed by atoms with Crippen molar-refractivity contribution in [3.63, 3.8) is 0 Å². The minimum Gasteiger partial charge on any atom is -0.0622 e. The number of hydrogen-bond acceptors (Lipinski definition) is 0. The van der Waals surface area contributed by atoms with Crippen molar-refractivity contribution in [2.75, 3.05) is 0 Å². The molecule has 0 heterocycles. The number of benzene rings is 1. The predicted molar refractivity (Wildman–Crippen MR) is 39.1 cm³/mol. The Morgan fingerprint density at radius 1 is 1.22 bits per heavy atom. The highest BCUT2D eigenvalue weighted by molar-refractivity contribution is 5.15. The van der Waals surface area contributed by atoms with Crippen LogP contribution in [-0.2, 0) is 6.42 Å². The summed E-state index contributed by atoms with van der Waals surface area (Å²) >= 11 is 0. The standard InChI is InChI=1S/C9H10/c1-2-6-9-7-4-3-5-8-9/h3-5,7-8H,6H2,1H3. The molecule has 2 radical (unpaired) electrons. The van der Waals surface area contributed by atoms with Crippen LogP contribution >= 0.6 is 0 Å².